The number of nitrogens with zero attached hydrogens (tertiary/aromatic N) is 3. The summed E-state index contributed by atoms with van der Waals surface area (Å²) >= 11 is 0. The average Bonchev–Trinajstić information content (AvgIpc) is 2.97. The molecule has 0 spiro atoms. The topological polar surface area (TPSA) is 115 Å². The van der Waals surface area contributed by atoms with E-state index in [9.17, 15) is 9.59 Å². The van der Waals surface area contributed by atoms with E-state index in [1.54, 1.807) is 40.1 Å². The zero-order chi connectivity index (χ0) is 26.0. The summed E-state index contributed by atoms with van der Waals surface area (Å²) in [6.45, 7) is 16.2. The van der Waals surface area contributed by atoms with Crippen molar-refractivity contribution in [2.45, 2.75) is 104 Å². The average molecular weight is 489 g/mol. The first-order valence-corrected chi connectivity index (χ1v) is 12.4. The van der Waals surface area contributed by atoms with Gasteiger partial charge in [0.15, 0.2) is 0 Å². The number of ether oxygens (including phenoxy) is 1. The van der Waals surface area contributed by atoms with Crippen molar-refractivity contribution in [2.75, 3.05) is 18.4 Å². The van der Waals surface area contributed by atoms with Crippen LogP contribution in [0.2, 0.25) is 0 Å². The van der Waals surface area contributed by atoms with E-state index in [-0.39, 0.29) is 11.9 Å². The third-order valence-corrected chi connectivity index (χ3v) is 6.71. The molecule has 0 unspecified atom stereocenters. The van der Waals surface area contributed by atoms with E-state index in [1.165, 1.54) is 0 Å². The van der Waals surface area contributed by atoms with E-state index in [0.29, 0.717) is 19.0 Å². The van der Waals surface area contributed by atoms with Crippen LogP contribution in [0.5, 0.6) is 0 Å². The fraction of sp³-hybridized carbons (Fsp3) is 0.750. The van der Waals surface area contributed by atoms with Crippen LogP contribution in [0.3, 0.4) is 0 Å². The van der Waals surface area contributed by atoms with Crippen molar-refractivity contribution in [2.24, 2.45) is 0 Å². The molecule has 2 atom stereocenters. The Labute approximate surface area is 209 Å². The number of alkyl carbamates (subject to hydrolysis) is 1. The van der Waals surface area contributed by atoms with E-state index in [0.717, 1.165) is 24.7 Å². The van der Waals surface area contributed by atoms with E-state index >= 15 is 0 Å². The molecular formula is C24H40BN5O5. The number of hydrogen-bond donors (Lipinski definition) is 2. The molecule has 3 rings (SSSR count). The van der Waals surface area contributed by atoms with Crippen LogP contribution >= 0.6 is 0 Å². The first-order chi connectivity index (χ1) is 16.2. The first-order valence-electron chi connectivity index (χ1n) is 12.4. The summed E-state index contributed by atoms with van der Waals surface area (Å²) in [4.78, 5) is 35.9. The summed E-state index contributed by atoms with van der Waals surface area (Å²) in [5, 5.41) is 5.90. The minimum Gasteiger partial charge on any atom is -0.444 e. The van der Waals surface area contributed by atoms with Crippen molar-refractivity contribution >= 4 is 30.5 Å². The van der Waals surface area contributed by atoms with E-state index in [2.05, 4.69) is 20.6 Å². The lowest BCUT2D eigenvalue weighted by Crippen LogP contribution is -2.54. The molecule has 3 heterocycles. The number of carbonyl (C=O) groups excluding carboxylic acids is 2. The van der Waals surface area contributed by atoms with Crippen molar-refractivity contribution < 1.29 is 23.6 Å². The van der Waals surface area contributed by atoms with Gasteiger partial charge in [-0.15, -0.1) is 0 Å². The summed E-state index contributed by atoms with van der Waals surface area (Å²) in [5.74, 6) is 0.350. The van der Waals surface area contributed by atoms with Crippen LogP contribution in [0.4, 0.5) is 10.7 Å². The minimum absolute atomic E-state index is 0.0227. The molecule has 1 aromatic rings. The predicted octanol–water partition coefficient (Wildman–Crippen LogP) is 2.48. The van der Waals surface area contributed by atoms with Gasteiger partial charge < -0.3 is 29.6 Å². The third kappa shape index (κ3) is 6.85. The van der Waals surface area contributed by atoms with Gasteiger partial charge in [0, 0.05) is 37.0 Å². The van der Waals surface area contributed by atoms with Crippen molar-refractivity contribution in [3.8, 4) is 0 Å². The van der Waals surface area contributed by atoms with E-state index in [1.807, 2.05) is 32.6 Å². The Hall–Kier alpha value is -2.40. The van der Waals surface area contributed by atoms with Crippen molar-refractivity contribution in [3.05, 3.63) is 12.4 Å². The second-order valence-electron chi connectivity index (χ2n) is 11.4. The molecule has 0 radical (unpaired) electrons. The summed E-state index contributed by atoms with van der Waals surface area (Å²) < 4.78 is 17.4. The van der Waals surface area contributed by atoms with Gasteiger partial charge in [-0.1, -0.05) is 0 Å². The van der Waals surface area contributed by atoms with Crippen LogP contribution in [0.15, 0.2) is 12.4 Å². The maximum Gasteiger partial charge on any atom is 0.498 e. The van der Waals surface area contributed by atoms with Crippen molar-refractivity contribution in [3.63, 3.8) is 0 Å². The molecular weight excluding hydrogens is 449 g/mol. The Kier molecular flexibility index (Phi) is 8.01. The van der Waals surface area contributed by atoms with Crippen LogP contribution in [-0.2, 0) is 18.8 Å². The van der Waals surface area contributed by atoms with Gasteiger partial charge in [0.05, 0.1) is 11.2 Å². The minimum atomic E-state index is -0.680. The SMILES string of the molecule is C[C@@H](NC(=O)OC(C)(C)C)C(=O)N1CCCC[C@@H]1CNc1ncc(B2OC(C)(C)C(C)(C)O2)cn1. The van der Waals surface area contributed by atoms with Gasteiger partial charge in [-0.05, 0) is 74.7 Å². The molecule has 10 nitrogen and oxygen atoms in total. The molecule has 0 saturated carbocycles. The molecule has 194 valence electrons. The molecule has 35 heavy (non-hydrogen) atoms. The number of nitrogens with one attached hydrogen (secondary N) is 2. The van der Waals surface area contributed by atoms with E-state index < -0.39 is 36.1 Å². The summed E-state index contributed by atoms with van der Waals surface area (Å²) in [6, 6.07) is -0.702. The smallest absolute Gasteiger partial charge is 0.444 e. The normalized spacial score (nSPS) is 22.5. The standard InChI is InChI=1S/C24H40BN5O5/c1-16(29-21(32)33-22(2,3)4)19(31)30-12-10-9-11-18(30)15-28-20-26-13-17(14-27-20)25-34-23(5,6)24(7,8)35-25/h13-14,16,18H,9-12,15H2,1-8H3,(H,29,32)(H,26,27,28)/t16-,18-/m1/s1. The van der Waals surface area contributed by atoms with Crippen molar-refractivity contribution in [1.29, 1.82) is 0 Å². The van der Waals surface area contributed by atoms with Crippen LogP contribution in [0.1, 0.15) is 74.7 Å². The second kappa shape index (κ2) is 10.3. The predicted molar refractivity (Wildman–Crippen MR) is 134 cm³/mol. The van der Waals surface area contributed by atoms with Crippen LogP contribution < -0.4 is 16.1 Å². The van der Waals surface area contributed by atoms with Crippen LogP contribution in [-0.4, -0.2) is 76.0 Å². The summed E-state index contributed by atoms with van der Waals surface area (Å²) in [7, 11) is -0.514. The van der Waals surface area contributed by atoms with Gasteiger partial charge in [-0.3, -0.25) is 4.79 Å². The molecule has 2 amide bonds. The molecule has 2 N–H and O–H groups in total. The monoisotopic (exact) mass is 489 g/mol. The largest absolute Gasteiger partial charge is 0.498 e. The Bertz CT molecular complexity index is 887. The Morgan fingerprint density at radius 2 is 1.77 bits per heavy atom. The molecule has 0 aromatic carbocycles. The molecule has 0 aliphatic carbocycles. The number of hydrogen-bond acceptors (Lipinski definition) is 8. The molecule has 11 heteroatoms. The van der Waals surface area contributed by atoms with Gasteiger partial charge in [0.1, 0.15) is 11.6 Å². The highest BCUT2D eigenvalue weighted by Gasteiger charge is 2.52. The fourth-order valence-corrected chi connectivity index (χ4v) is 4.04. The number of anilines is 1. The number of aromatic nitrogens is 2. The molecule has 1 aromatic heterocycles. The van der Waals surface area contributed by atoms with Crippen LogP contribution in [0.25, 0.3) is 0 Å². The number of rotatable bonds is 6. The Morgan fingerprint density at radius 1 is 1.17 bits per heavy atom. The number of piperidine rings is 1. The van der Waals surface area contributed by atoms with Gasteiger partial charge in [0.2, 0.25) is 11.9 Å². The molecule has 2 aliphatic rings. The lowest BCUT2D eigenvalue weighted by Gasteiger charge is -2.37. The number of likely N-dealkylation sites (tertiary alicyclic amines) is 1. The maximum absolute atomic E-state index is 13.1. The van der Waals surface area contributed by atoms with Crippen molar-refractivity contribution in [1.82, 2.24) is 20.2 Å². The Balaban J connectivity index is 1.56. The number of carbonyl (C=O) groups is 2. The lowest BCUT2D eigenvalue weighted by atomic mass is 9.81. The molecule has 2 fully saturated rings. The highest BCUT2D eigenvalue weighted by atomic mass is 16.7. The molecule has 2 aliphatic heterocycles. The zero-order valence-corrected chi connectivity index (χ0v) is 22.3. The van der Waals surface area contributed by atoms with Crippen LogP contribution in [0, 0.1) is 0 Å². The first kappa shape index (κ1) is 27.2. The Morgan fingerprint density at radius 3 is 2.34 bits per heavy atom. The maximum atomic E-state index is 13.1. The fourth-order valence-electron chi connectivity index (χ4n) is 4.04. The zero-order valence-electron chi connectivity index (χ0n) is 22.3. The number of amides is 2. The van der Waals surface area contributed by atoms with Gasteiger partial charge >= 0.3 is 13.2 Å². The van der Waals surface area contributed by atoms with E-state index in [4.69, 9.17) is 14.0 Å². The quantitative estimate of drug-likeness (QED) is 0.586. The third-order valence-electron chi connectivity index (χ3n) is 6.71. The highest BCUT2D eigenvalue weighted by molar-refractivity contribution is 6.61. The van der Waals surface area contributed by atoms with Gasteiger partial charge in [0.25, 0.3) is 0 Å². The second-order valence-corrected chi connectivity index (χ2v) is 11.4. The lowest BCUT2D eigenvalue weighted by molar-refractivity contribution is -0.136. The summed E-state index contributed by atoms with van der Waals surface area (Å²) in [5.41, 5.74) is -0.726. The molecule has 2 saturated heterocycles. The van der Waals surface area contributed by atoms with Gasteiger partial charge in [-0.25, -0.2) is 14.8 Å². The summed E-state index contributed by atoms with van der Waals surface area (Å²) in [6.07, 6.45) is 5.64. The van der Waals surface area contributed by atoms with Gasteiger partial charge in [-0.2, -0.15) is 0 Å². The highest BCUT2D eigenvalue weighted by Crippen LogP contribution is 2.36. The molecule has 0 bridgehead atoms.